The normalized spacial score (nSPS) is 19.5. The molecule has 2 bridgehead atoms. The van der Waals surface area contributed by atoms with E-state index in [0.29, 0.717) is 19.8 Å². The highest BCUT2D eigenvalue weighted by atomic mass is 16.6. The molecule has 1 saturated heterocycles. The van der Waals surface area contributed by atoms with E-state index < -0.39 is 0 Å². The van der Waals surface area contributed by atoms with E-state index in [1.807, 2.05) is 65.6 Å². The molecule has 2 heterocycles. The summed E-state index contributed by atoms with van der Waals surface area (Å²) in [5.74, 6) is 0.836. The number of amides is 1. The van der Waals surface area contributed by atoms with Crippen molar-refractivity contribution < 1.29 is 19.0 Å². The highest BCUT2D eigenvalue weighted by Gasteiger charge is 2.39. The van der Waals surface area contributed by atoms with E-state index in [0.717, 1.165) is 28.9 Å². The van der Waals surface area contributed by atoms with Gasteiger partial charge in [-0.05, 0) is 40.8 Å². The molecule has 0 radical (unpaired) electrons. The second-order valence-electron chi connectivity index (χ2n) is 8.40. The molecule has 1 fully saturated rings. The lowest BCUT2D eigenvalue weighted by atomic mass is 9.90. The summed E-state index contributed by atoms with van der Waals surface area (Å²) in [6.45, 7) is 1.79. The summed E-state index contributed by atoms with van der Waals surface area (Å²) in [7, 11) is 0. The van der Waals surface area contributed by atoms with Gasteiger partial charge in [0.25, 0.3) is 0 Å². The lowest BCUT2D eigenvalue weighted by molar-refractivity contribution is -0.0342. The number of hydrogen-bond acceptors (Lipinski definition) is 4. The van der Waals surface area contributed by atoms with Crippen molar-refractivity contribution in [1.82, 2.24) is 4.90 Å². The first-order valence-corrected chi connectivity index (χ1v) is 11.3. The number of benzene rings is 3. The number of nitrogens with zero attached hydrogens (tertiary/aromatic N) is 1. The summed E-state index contributed by atoms with van der Waals surface area (Å²) in [5, 5.41) is 0. The Morgan fingerprint density at radius 3 is 2.33 bits per heavy atom. The van der Waals surface area contributed by atoms with E-state index in [-0.39, 0.29) is 24.8 Å². The Labute approximate surface area is 194 Å². The van der Waals surface area contributed by atoms with Crippen molar-refractivity contribution in [1.29, 1.82) is 0 Å². The van der Waals surface area contributed by atoms with E-state index in [9.17, 15) is 4.79 Å². The summed E-state index contributed by atoms with van der Waals surface area (Å²) < 4.78 is 17.4. The largest absolute Gasteiger partial charge is 0.489 e. The van der Waals surface area contributed by atoms with Crippen LogP contribution < -0.4 is 4.74 Å². The number of carbonyl (C=O) groups excluding carboxylic acids is 1. The van der Waals surface area contributed by atoms with Gasteiger partial charge in [-0.2, -0.15) is 0 Å². The highest BCUT2D eigenvalue weighted by Crippen LogP contribution is 2.34. The van der Waals surface area contributed by atoms with Crippen LogP contribution in [-0.4, -0.2) is 36.3 Å². The first-order valence-electron chi connectivity index (χ1n) is 11.3. The smallest absolute Gasteiger partial charge is 0.411 e. The zero-order valence-corrected chi connectivity index (χ0v) is 18.4. The van der Waals surface area contributed by atoms with E-state index in [4.69, 9.17) is 14.2 Å². The molecule has 3 aromatic rings. The molecule has 0 spiro atoms. The van der Waals surface area contributed by atoms with Gasteiger partial charge < -0.3 is 14.2 Å². The quantitative estimate of drug-likeness (QED) is 0.510. The van der Waals surface area contributed by atoms with Gasteiger partial charge in [-0.15, -0.1) is 0 Å². The van der Waals surface area contributed by atoms with E-state index in [2.05, 4.69) is 30.3 Å². The van der Waals surface area contributed by atoms with Gasteiger partial charge in [-0.1, -0.05) is 78.9 Å². The van der Waals surface area contributed by atoms with Crippen molar-refractivity contribution in [3.63, 3.8) is 0 Å². The zero-order chi connectivity index (χ0) is 22.5. The van der Waals surface area contributed by atoms with Crippen LogP contribution in [0, 0.1) is 0 Å². The van der Waals surface area contributed by atoms with E-state index in [1.165, 1.54) is 5.57 Å². The Morgan fingerprint density at radius 2 is 1.61 bits per heavy atom. The monoisotopic (exact) mass is 441 g/mol. The number of ether oxygens (including phenoxy) is 3. The number of fused-ring (bicyclic) bond motifs is 2. The molecule has 5 rings (SSSR count). The maximum Gasteiger partial charge on any atom is 0.411 e. The van der Waals surface area contributed by atoms with E-state index in [1.54, 1.807) is 0 Å². The molecule has 33 heavy (non-hydrogen) atoms. The van der Waals surface area contributed by atoms with Gasteiger partial charge in [0.05, 0.1) is 25.3 Å². The van der Waals surface area contributed by atoms with Gasteiger partial charge >= 0.3 is 6.09 Å². The van der Waals surface area contributed by atoms with Crippen molar-refractivity contribution in [2.45, 2.75) is 31.7 Å². The lowest BCUT2D eigenvalue weighted by Gasteiger charge is -2.43. The predicted octanol–water partition coefficient (Wildman–Crippen LogP) is 5.46. The number of hydrogen-bond donors (Lipinski definition) is 0. The molecule has 2 atom stereocenters. The molecule has 5 heteroatoms. The number of rotatable bonds is 6. The van der Waals surface area contributed by atoms with Crippen LogP contribution in [0.25, 0.3) is 5.57 Å². The minimum atomic E-state index is -0.285. The zero-order valence-electron chi connectivity index (χ0n) is 18.4. The Kier molecular flexibility index (Phi) is 6.40. The second-order valence-corrected chi connectivity index (χ2v) is 8.40. The van der Waals surface area contributed by atoms with Crippen LogP contribution in [0.2, 0.25) is 0 Å². The molecular weight excluding hydrogens is 414 g/mol. The molecular formula is C28H27NO4. The van der Waals surface area contributed by atoms with Crippen molar-refractivity contribution in [2.75, 3.05) is 13.2 Å². The SMILES string of the molecule is O=C(OCc1ccccc1)N1C2C=C(c3cccc(OCc4ccccc4)c3)CC1COC2. The molecule has 2 unspecified atom stereocenters. The fraction of sp³-hybridized carbons (Fsp3) is 0.250. The van der Waals surface area contributed by atoms with Crippen LogP contribution in [0.4, 0.5) is 4.79 Å². The molecule has 0 aliphatic carbocycles. The molecule has 1 amide bonds. The molecule has 168 valence electrons. The van der Waals surface area contributed by atoms with Crippen LogP contribution in [0.1, 0.15) is 23.1 Å². The van der Waals surface area contributed by atoms with Gasteiger partial charge in [0.2, 0.25) is 0 Å². The maximum atomic E-state index is 12.9. The molecule has 0 saturated carbocycles. The summed E-state index contributed by atoms with van der Waals surface area (Å²) >= 11 is 0. The van der Waals surface area contributed by atoms with Crippen LogP contribution in [0.5, 0.6) is 5.75 Å². The molecule has 3 aromatic carbocycles. The Balaban J connectivity index is 1.27. The standard InChI is InChI=1S/C28H27NO4/c30-28(33-18-22-10-5-2-6-11-22)29-25-14-24(15-26(29)20-31-19-25)23-12-7-13-27(16-23)32-17-21-8-3-1-4-9-21/h1-14,16,25-26H,15,17-20H2. The Hall–Kier alpha value is -3.57. The van der Waals surface area contributed by atoms with Gasteiger partial charge in [-0.3, -0.25) is 4.90 Å². The van der Waals surface area contributed by atoms with Crippen LogP contribution >= 0.6 is 0 Å². The molecule has 5 nitrogen and oxygen atoms in total. The molecule has 2 aliphatic heterocycles. The van der Waals surface area contributed by atoms with Crippen molar-refractivity contribution >= 4 is 11.7 Å². The van der Waals surface area contributed by atoms with E-state index >= 15 is 0 Å². The average Bonchev–Trinajstić information content (AvgIpc) is 2.87. The fourth-order valence-corrected chi connectivity index (χ4v) is 4.41. The van der Waals surface area contributed by atoms with Crippen molar-refractivity contribution in [3.8, 4) is 5.75 Å². The maximum absolute atomic E-state index is 12.9. The third kappa shape index (κ3) is 5.10. The third-order valence-electron chi connectivity index (χ3n) is 6.07. The minimum Gasteiger partial charge on any atom is -0.489 e. The molecule has 2 aliphatic rings. The minimum absolute atomic E-state index is 0.0408. The van der Waals surface area contributed by atoms with Gasteiger partial charge in [0, 0.05) is 0 Å². The summed E-state index contributed by atoms with van der Waals surface area (Å²) in [5.41, 5.74) is 4.45. The second kappa shape index (κ2) is 9.92. The summed E-state index contributed by atoms with van der Waals surface area (Å²) in [6, 6.07) is 27.9. The molecule has 0 aromatic heterocycles. The van der Waals surface area contributed by atoms with Gasteiger partial charge in [0.15, 0.2) is 0 Å². The van der Waals surface area contributed by atoms with Crippen LogP contribution in [-0.2, 0) is 22.7 Å². The third-order valence-corrected chi connectivity index (χ3v) is 6.07. The Bertz CT molecular complexity index is 1110. The van der Waals surface area contributed by atoms with Crippen molar-refractivity contribution in [2.24, 2.45) is 0 Å². The average molecular weight is 442 g/mol. The summed E-state index contributed by atoms with van der Waals surface area (Å²) in [4.78, 5) is 14.7. The van der Waals surface area contributed by atoms with Crippen molar-refractivity contribution in [3.05, 3.63) is 108 Å². The fourth-order valence-electron chi connectivity index (χ4n) is 4.41. The number of morpholine rings is 1. The number of carbonyl (C=O) groups is 1. The highest BCUT2D eigenvalue weighted by molar-refractivity contribution is 5.75. The topological polar surface area (TPSA) is 48.0 Å². The van der Waals surface area contributed by atoms with Gasteiger partial charge in [0.1, 0.15) is 19.0 Å². The predicted molar refractivity (Wildman–Crippen MR) is 127 cm³/mol. The summed E-state index contributed by atoms with van der Waals surface area (Å²) in [6.07, 6.45) is 2.57. The lowest BCUT2D eigenvalue weighted by Crippen LogP contribution is -2.56. The molecule has 0 N–H and O–H groups in total. The van der Waals surface area contributed by atoms with Gasteiger partial charge in [-0.25, -0.2) is 4.79 Å². The first-order chi connectivity index (χ1) is 16.3. The van der Waals surface area contributed by atoms with Crippen LogP contribution in [0.15, 0.2) is 91.0 Å². The van der Waals surface area contributed by atoms with Crippen LogP contribution in [0.3, 0.4) is 0 Å². The Morgan fingerprint density at radius 1 is 0.879 bits per heavy atom. The first kappa shape index (κ1) is 21.3.